The zero-order valence-electron chi connectivity index (χ0n) is 14.5. The van der Waals surface area contributed by atoms with Gasteiger partial charge in [0, 0.05) is 22.8 Å². The lowest BCUT2D eigenvalue weighted by Gasteiger charge is -2.16. The summed E-state index contributed by atoms with van der Waals surface area (Å²) in [5, 5.41) is 4.20. The largest absolute Gasteiger partial charge is 0.491 e. The minimum absolute atomic E-state index is 0.0646. The number of fused-ring (bicyclic) bond motifs is 1. The summed E-state index contributed by atoms with van der Waals surface area (Å²) in [4.78, 5) is 16.2. The average Bonchev–Trinajstić information content (AvgIpc) is 3.29. The number of H-pyrrole nitrogens is 1. The van der Waals surface area contributed by atoms with Gasteiger partial charge in [-0.25, -0.2) is 0 Å². The molecule has 1 fully saturated rings. The van der Waals surface area contributed by atoms with Gasteiger partial charge in [-0.1, -0.05) is 18.2 Å². The number of amides is 1. The third kappa shape index (κ3) is 2.88. The highest BCUT2D eigenvalue weighted by molar-refractivity contribution is 6.04. The molecular formula is C21H22N2O2. The van der Waals surface area contributed by atoms with Crippen LogP contribution in [0.15, 0.2) is 54.7 Å². The maximum Gasteiger partial charge on any atom is 0.235 e. The minimum atomic E-state index is -0.410. The van der Waals surface area contributed by atoms with E-state index in [-0.39, 0.29) is 12.0 Å². The molecule has 4 rings (SSSR count). The van der Waals surface area contributed by atoms with Crippen molar-refractivity contribution < 1.29 is 9.53 Å². The Morgan fingerprint density at radius 3 is 2.52 bits per heavy atom. The van der Waals surface area contributed by atoms with Gasteiger partial charge in [0.05, 0.1) is 11.5 Å². The zero-order chi connectivity index (χ0) is 17.4. The van der Waals surface area contributed by atoms with E-state index in [1.807, 2.05) is 62.5 Å². The first-order chi connectivity index (χ1) is 12.1. The summed E-state index contributed by atoms with van der Waals surface area (Å²) in [6, 6.07) is 15.7. The highest BCUT2D eigenvalue weighted by Crippen LogP contribution is 2.51. The number of anilines is 1. The molecule has 0 unspecified atom stereocenters. The number of benzene rings is 2. The number of hydrogen-bond donors (Lipinski definition) is 2. The Morgan fingerprint density at radius 1 is 1.12 bits per heavy atom. The second kappa shape index (κ2) is 5.96. The Kier molecular flexibility index (Phi) is 3.75. The van der Waals surface area contributed by atoms with Gasteiger partial charge in [-0.15, -0.1) is 0 Å². The number of nitrogens with one attached hydrogen (secondary N) is 2. The van der Waals surface area contributed by atoms with E-state index >= 15 is 0 Å². The van der Waals surface area contributed by atoms with E-state index in [4.69, 9.17) is 4.74 Å². The number of hydrogen-bond acceptors (Lipinski definition) is 2. The normalized spacial score (nSPS) is 15.3. The molecule has 1 aromatic heterocycles. The van der Waals surface area contributed by atoms with E-state index in [1.54, 1.807) is 0 Å². The second-order valence-corrected chi connectivity index (χ2v) is 6.98. The molecule has 25 heavy (non-hydrogen) atoms. The number of rotatable bonds is 5. The van der Waals surface area contributed by atoms with E-state index in [1.165, 1.54) is 0 Å². The lowest BCUT2D eigenvalue weighted by atomic mass is 9.94. The van der Waals surface area contributed by atoms with Crippen LogP contribution in [0.4, 0.5) is 5.69 Å². The van der Waals surface area contributed by atoms with Gasteiger partial charge >= 0.3 is 0 Å². The predicted octanol–water partition coefficient (Wildman–Crippen LogP) is 4.63. The van der Waals surface area contributed by atoms with Crippen LogP contribution in [-0.2, 0) is 10.2 Å². The molecule has 128 valence electrons. The highest BCUT2D eigenvalue weighted by Gasteiger charge is 2.52. The number of carbonyl (C=O) groups is 1. The monoisotopic (exact) mass is 334 g/mol. The average molecular weight is 334 g/mol. The van der Waals surface area contributed by atoms with Crippen LogP contribution < -0.4 is 10.1 Å². The van der Waals surface area contributed by atoms with Crippen LogP contribution in [-0.4, -0.2) is 17.0 Å². The van der Waals surface area contributed by atoms with Crippen molar-refractivity contribution >= 4 is 22.5 Å². The molecule has 0 saturated heterocycles. The highest BCUT2D eigenvalue weighted by atomic mass is 16.5. The van der Waals surface area contributed by atoms with Crippen LogP contribution in [0.3, 0.4) is 0 Å². The molecule has 1 aliphatic carbocycles. The van der Waals surface area contributed by atoms with E-state index in [0.717, 1.165) is 40.7 Å². The molecule has 1 saturated carbocycles. The van der Waals surface area contributed by atoms with E-state index < -0.39 is 5.41 Å². The molecule has 0 spiro atoms. The molecule has 0 atom stereocenters. The van der Waals surface area contributed by atoms with Gasteiger partial charge in [0.1, 0.15) is 5.75 Å². The lowest BCUT2D eigenvalue weighted by Crippen LogP contribution is -2.27. The van der Waals surface area contributed by atoms with Crippen LogP contribution in [0.1, 0.15) is 32.3 Å². The maximum atomic E-state index is 12.9. The van der Waals surface area contributed by atoms with Gasteiger partial charge < -0.3 is 15.0 Å². The summed E-state index contributed by atoms with van der Waals surface area (Å²) in [7, 11) is 0. The number of ether oxygens (including phenoxy) is 1. The van der Waals surface area contributed by atoms with Crippen molar-refractivity contribution in [1.29, 1.82) is 0 Å². The molecule has 4 heteroatoms. The van der Waals surface area contributed by atoms with Gasteiger partial charge in [0.15, 0.2) is 0 Å². The number of para-hydroxylation sites is 1. The van der Waals surface area contributed by atoms with Crippen LogP contribution in [0.5, 0.6) is 5.75 Å². The Bertz CT molecular complexity index is 905. The second-order valence-electron chi connectivity index (χ2n) is 6.98. The van der Waals surface area contributed by atoms with Crippen LogP contribution in [0, 0.1) is 0 Å². The predicted molar refractivity (Wildman–Crippen MR) is 100 cm³/mol. The van der Waals surface area contributed by atoms with Crippen molar-refractivity contribution in [2.45, 2.75) is 38.2 Å². The molecule has 4 nitrogen and oxygen atoms in total. The van der Waals surface area contributed by atoms with Gasteiger partial charge in [-0.3, -0.25) is 4.79 Å². The SMILES string of the molecule is CC(C)Oc1ccc(NC(=O)C2(c3c[nH]c4ccccc34)CC2)cc1. The van der Waals surface area contributed by atoms with Gasteiger partial charge in [0.2, 0.25) is 5.91 Å². The Hall–Kier alpha value is -2.75. The quantitative estimate of drug-likeness (QED) is 0.715. The molecule has 3 aromatic rings. The number of aromatic nitrogens is 1. The van der Waals surface area contributed by atoms with Crippen molar-refractivity contribution in [2.75, 3.05) is 5.32 Å². The van der Waals surface area contributed by atoms with Crippen molar-refractivity contribution in [3.63, 3.8) is 0 Å². The lowest BCUT2D eigenvalue weighted by molar-refractivity contribution is -0.118. The Labute approximate surface area is 147 Å². The van der Waals surface area contributed by atoms with Crippen molar-refractivity contribution in [3.8, 4) is 5.75 Å². The summed E-state index contributed by atoms with van der Waals surface area (Å²) in [5.41, 5.74) is 2.56. The fraction of sp³-hybridized carbons (Fsp3) is 0.286. The first-order valence-corrected chi connectivity index (χ1v) is 8.73. The topological polar surface area (TPSA) is 54.1 Å². The Balaban J connectivity index is 1.54. The number of carbonyl (C=O) groups excluding carboxylic acids is 1. The molecule has 0 radical (unpaired) electrons. The van der Waals surface area contributed by atoms with E-state index in [2.05, 4.69) is 16.4 Å². The first-order valence-electron chi connectivity index (χ1n) is 8.73. The van der Waals surface area contributed by atoms with Gasteiger partial charge in [-0.05, 0) is 62.6 Å². The molecule has 1 amide bonds. The fourth-order valence-corrected chi connectivity index (χ4v) is 3.35. The van der Waals surface area contributed by atoms with Gasteiger partial charge in [0.25, 0.3) is 0 Å². The molecule has 2 aromatic carbocycles. The molecule has 0 aliphatic heterocycles. The minimum Gasteiger partial charge on any atom is -0.491 e. The van der Waals surface area contributed by atoms with Crippen LogP contribution in [0.25, 0.3) is 10.9 Å². The van der Waals surface area contributed by atoms with Crippen LogP contribution in [0.2, 0.25) is 0 Å². The Morgan fingerprint density at radius 2 is 1.84 bits per heavy atom. The third-order valence-corrected chi connectivity index (χ3v) is 4.77. The molecular weight excluding hydrogens is 312 g/mol. The molecule has 1 aliphatic rings. The third-order valence-electron chi connectivity index (χ3n) is 4.77. The fourth-order valence-electron chi connectivity index (χ4n) is 3.35. The maximum absolute atomic E-state index is 12.9. The summed E-state index contributed by atoms with van der Waals surface area (Å²) in [6.07, 6.45) is 3.89. The summed E-state index contributed by atoms with van der Waals surface area (Å²) in [5.74, 6) is 0.876. The van der Waals surface area contributed by atoms with E-state index in [9.17, 15) is 4.79 Å². The van der Waals surface area contributed by atoms with E-state index in [0.29, 0.717) is 0 Å². The molecule has 0 bridgehead atoms. The first kappa shape index (κ1) is 15.8. The van der Waals surface area contributed by atoms with Crippen LogP contribution >= 0.6 is 0 Å². The number of aromatic amines is 1. The molecule has 1 heterocycles. The summed E-state index contributed by atoms with van der Waals surface area (Å²) >= 11 is 0. The van der Waals surface area contributed by atoms with Crippen molar-refractivity contribution in [3.05, 3.63) is 60.3 Å². The van der Waals surface area contributed by atoms with Crippen molar-refractivity contribution in [1.82, 2.24) is 4.98 Å². The summed E-state index contributed by atoms with van der Waals surface area (Å²) < 4.78 is 5.64. The zero-order valence-corrected chi connectivity index (χ0v) is 14.5. The molecule has 2 N–H and O–H groups in total. The smallest absolute Gasteiger partial charge is 0.235 e. The van der Waals surface area contributed by atoms with Gasteiger partial charge in [-0.2, -0.15) is 0 Å². The standard InChI is InChI=1S/C21H22N2O2/c1-14(2)25-16-9-7-15(8-10-16)23-20(24)21(11-12-21)18-13-22-19-6-4-3-5-17(18)19/h3-10,13-14,22H,11-12H2,1-2H3,(H,23,24). The summed E-state index contributed by atoms with van der Waals surface area (Å²) in [6.45, 7) is 3.99. The van der Waals surface area contributed by atoms with Crippen molar-refractivity contribution in [2.24, 2.45) is 0 Å².